The third-order valence-corrected chi connectivity index (χ3v) is 4.14. The molecule has 0 aliphatic heterocycles. The molecule has 1 N–H and O–H groups in total. The van der Waals surface area contributed by atoms with Gasteiger partial charge in [0.2, 0.25) is 0 Å². The molecule has 1 aromatic heterocycles. The quantitative estimate of drug-likeness (QED) is 0.545. The number of halogens is 1. The van der Waals surface area contributed by atoms with E-state index in [4.69, 9.17) is 14.2 Å². The Morgan fingerprint density at radius 1 is 1.23 bits per heavy atom. The van der Waals surface area contributed by atoms with Gasteiger partial charge in [0, 0.05) is 30.0 Å². The number of ether oxygens (including phenoxy) is 3. The first-order chi connectivity index (χ1) is 12.5. The van der Waals surface area contributed by atoms with Crippen LogP contribution in [0.3, 0.4) is 0 Å². The first-order valence-electron chi connectivity index (χ1n) is 7.64. The molecule has 0 aliphatic carbocycles. The summed E-state index contributed by atoms with van der Waals surface area (Å²) in [5.74, 6) is 1.64. The van der Waals surface area contributed by atoms with Crippen LogP contribution in [0.25, 0.3) is 0 Å². The van der Waals surface area contributed by atoms with Crippen molar-refractivity contribution in [3.8, 4) is 17.6 Å². The van der Waals surface area contributed by atoms with Crippen molar-refractivity contribution >= 4 is 28.0 Å². The van der Waals surface area contributed by atoms with Crippen LogP contribution < -0.4 is 14.9 Å². The van der Waals surface area contributed by atoms with Crippen LogP contribution in [0.1, 0.15) is 22.4 Å². The van der Waals surface area contributed by atoms with Crippen molar-refractivity contribution in [2.45, 2.75) is 13.5 Å². The molecular weight excluding hydrogens is 400 g/mol. The summed E-state index contributed by atoms with van der Waals surface area (Å²) < 4.78 is 16.5. The lowest BCUT2D eigenvalue weighted by Gasteiger charge is -2.10. The maximum absolute atomic E-state index is 9.43. The molecule has 0 saturated heterocycles. The van der Waals surface area contributed by atoms with Crippen molar-refractivity contribution in [3.63, 3.8) is 0 Å². The molecule has 2 rings (SSSR count). The number of hydrazone groups is 1. The Morgan fingerprint density at radius 2 is 1.96 bits per heavy atom. The molecule has 0 fully saturated rings. The standard InChI is InChI=1S/C18H19BrN4O3/c1-11-5-13(10-24-2)14(8-20)18(22-11)23-21-9-12-6-15(19)17(26-4)7-16(12)25-3/h5-7,9H,10H2,1-4H3,(H,22,23)/b21-9-. The van der Waals surface area contributed by atoms with Gasteiger partial charge in [0.05, 0.1) is 31.5 Å². The van der Waals surface area contributed by atoms with Gasteiger partial charge in [0.25, 0.3) is 0 Å². The maximum atomic E-state index is 9.43. The van der Waals surface area contributed by atoms with Gasteiger partial charge in [0.15, 0.2) is 5.82 Å². The highest BCUT2D eigenvalue weighted by Crippen LogP contribution is 2.32. The lowest BCUT2D eigenvalue weighted by atomic mass is 10.1. The van der Waals surface area contributed by atoms with Crippen LogP contribution in [-0.4, -0.2) is 32.5 Å². The van der Waals surface area contributed by atoms with Crippen molar-refractivity contribution in [2.24, 2.45) is 5.10 Å². The van der Waals surface area contributed by atoms with Gasteiger partial charge in [0.1, 0.15) is 23.1 Å². The van der Waals surface area contributed by atoms with Crippen LogP contribution in [0.4, 0.5) is 5.82 Å². The molecule has 26 heavy (non-hydrogen) atoms. The molecule has 0 spiro atoms. The van der Waals surface area contributed by atoms with Crippen LogP contribution in [0, 0.1) is 18.3 Å². The first-order valence-corrected chi connectivity index (χ1v) is 8.43. The molecule has 0 bridgehead atoms. The molecule has 1 aromatic carbocycles. The molecule has 0 aliphatic rings. The minimum Gasteiger partial charge on any atom is -0.496 e. The molecule has 0 radical (unpaired) electrons. The van der Waals surface area contributed by atoms with Gasteiger partial charge in [-0.15, -0.1) is 0 Å². The molecular formula is C18H19BrN4O3. The molecule has 7 nitrogen and oxygen atoms in total. The fourth-order valence-electron chi connectivity index (χ4n) is 2.36. The minimum atomic E-state index is 0.323. The number of hydrogen-bond donors (Lipinski definition) is 1. The predicted octanol–water partition coefficient (Wildman–Crippen LogP) is 3.63. The maximum Gasteiger partial charge on any atom is 0.164 e. The van der Waals surface area contributed by atoms with E-state index < -0.39 is 0 Å². The second-order valence-electron chi connectivity index (χ2n) is 5.29. The highest BCUT2D eigenvalue weighted by Gasteiger charge is 2.11. The summed E-state index contributed by atoms with van der Waals surface area (Å²) in [5.41, 5.74) is 5.48. The molecule has 8 heteroatoms. The number of methoxy groups -OCH3 is 3. The van der Waals surface area contributed by atoms with Gasteiger partial charge in [-0.2, -0.15) is 10.4 Å². The molecule has 2 aromatic rings. The van der Waals surface area contributed by atoms with E-state index in [1.54, 1.807) is 33.6 Å². The van der Waals surface area contributed by atoms with Gasteiger partial charge in [-0.3, -0.25) is 5.43 Å². The van der Waals surface area contributed by atoms with Crippen molar-refractivity contribution in [1.29, 1.82) is 5.26 Å². The van der Waals surface area contributed by atoms with Crippen LogP contribution in [0.5, 0.6) is 11.5 Å². The third-order valence-electron chi connectivity index (χ3n) is 3.52. The lowest BCUT2D eigenvalue weighted by Crippen LogP contribution is -2.04. The highest BCUT2D eigenvalue weighted by atomic mass is 79.9. The number of anilines is 1. The number of aryl methyl sites for hydroxylation is 1. The smallest absolute Gasteiger partial charge is 0.164 e. The zero-order valence-corrected chi connectivity index (χ0v) is 16.5. The summed E-state index contributed by atoms with van der Waals surface area (Å²) in [5, 5.41) is 13.6. The van der Waals surface area contributed by atoms with Crippen LogP contribution in [0.2, 0.25) is 0 Å². The SMILES string of the molecule is COCc1cc(C)nc(N/N=C\c2cc(Br)c(OC)cc2OC)c1C#N. The van der Waals surface area contributed by atoms with Crippen LogP contribution >= 0.6 is 15.9 Å². The van der Waals surface area contributed by atoms with E-state index in [1.807, 2.05) is 19.1 Å². The Bertz CT molecular complexity index is 862. The van der Waals surface area contributed by atoms with E-state index in [0.717, 1.165) is 21.3 Å². The number of hydrogen-bond acceptors (Lipinski definition) is 7. The largest absolute Gasteiger partial charge is 0.496 e. The fourth-order valence-corrected chi connectivity index (χ4v) is 2.89. The van der Waals surface area contributed by atoms with Gasteiger partial charge in [-0.1, -0.05) is 0 Å². The number of nitriles is 1. The molecule has 136 valence electrons. The van der Waals surface area contributed by atoms with Crippen molar-refractivity contribution in [1.82, 2.24) is 4.98 Å². The third kappa shape index (κ3) is 4.50. The van der Waals surface area contributed by atoms with E-state index in [9.17, 15) is 5.26 Å². The minimum absolute atomic E-state index is 0.323. The molecule has 1 heterocycles. The summed E-state index contributed by atoms with van der Waals surface area (Å²) in [6, 6.07) is 7.55. The summed E-state index contributed by atoms with van der Waals surface area (Å²) in [7, 11) is 4.73. The van der Waals surface area contributed by atoms with Gasteiger partial charge in [-0.25, -0.2) is 4.98 Å². The van der Waals surface area contributed by atoms with Crippen LogP contribution in [-0.2, 0) is 11.3 Å². The summed E-state index contributed by atoms with van der Waals surface area (Å²) in [4.78, 5) is 4.34. The Kier molecular flexibility index (Phi) is 6.95. The highest BCUT2D eigenvalue weighted by molar-refractivity contribution is 9.10. The van der Waals surface area contributed by atoms with Gasteiger partial charge >= 0.3 is 0 Å². The summed E-state index contributed by atoms with van der Waals surface area (Å²) in [6.45, 7) is 2.17. The zero-order chi connectivity index (χ0) is 19.1. The van der Waals surface area contributed by atoms with E-state index in [1.165, 1.54) is 0 Å². The Hall–Kier alpha value is -2.63. The van der Waals surface area contributed by atoms with E-state index in [2.05, 4.69) is 37.5 Å². The summed E-state index contributed by atoms with van der Waals surface area (Å²) >= 11 is 3.43. The number of nitrogens with one attached hydrogen (secondary N) is 1. The number of aromatic nitrogens is 1. The number of rotatable bonds is 7. The zero-order valence-electron chi connectivity index (χ0n) is 15.0. The summed E-state index contributed by atoms with van der Waals surface area (Å²) in [6.07, 6.45) is 1.59. The van der Waals surface area contributed by atoms with E-state index in [0.29, 0.717) is 29.5 Å². The monoisotopic (exact) mass is 418 g/mol. The normalized spacial score (nSPS) is 10.6. The molecule has 0 amide bonds. The number of benzene rings is 1. The number of nitrogens with zero attached hydrogens (tertiary/aromatic N) is 3. The molecule has 0 saturated carbocycles. The van der Waals surface area contributed by atoms with Crippen LogP contribution in [0.15, 0.2) is 27.8 Å². The van der Waals surface area contributed by atoms with Gasteiger partial charge in [-0.05, 0) is 35.0 Å². The van der Waals surface area contributed by atoms with Crippen molar-refractivity contribution in [2.75, 3.05) is 26.8 Å². The Labute approximate surface area is 160 Å². The lowest BCUT2D eigenvalue weighted by molar-refractivity contribution is 0.184. The van der Waals surface area contributed by atoms with E-state index >= 15 is 0 Å². The fraction of sp³-hybridized carbons (Fsp3) is 0.278. The first kappa shape index (κ1) is 19.7. The molecule has 0 unspecified atom stereocenters. The average Bonchev–Trinajstić information content (AvgIpc) is 2.62. The Morgan fingerprint density at radius 3 is 2.58 bits per heavy atom. The van der Waals surface area contributed by atoms with Crippen molar-refractivity contribution < 1.29 is 14.2 Å². The Balaban J connectivity index is 2.32. The predicted molar refractivity (Wildman–Crippen MR) is 103 cm³/mol. The second-order valence-corrected chi connectivity index (χ2v) is 6.14. The van der Waals surface area contributed by atoms with Crippen molar-refractivity contribution in [3.05, 3.63) is 45.1 Å². The topological polar surface area (TPSA) is 88.8 Å². The average molecular weight is 419 g/mol. The second kappa shape index (κ2) is 9.17. The van der Waals surface area contributed by atoms with Gasteiger partial charge < -0.3 is 14.2 Å². The number of pyridine rings is 1. The molecule has 0 atom stereocenters. The van der Waals surface area contributed by atoms with E-state index in [-0.39, 0.29) is 0 Å².